The Balaban J connectivity index is 1.74. The third kappa shape index (κ3) is 4.26. The minimum atomic E-state index is -0.395. The first-order valence-corrected chi connectivity index (χ1v) is 12.2. The van der Waals surface area contributed by atoms with Crippen molar-refractivity contribution in [1.29, 1.82) is 0 Å². The Labute approximate surface area is 212 Å². The second-order valence-corrected chi connectivity index (χ2v) is 8.84. The first-order chi connectivity index (χ1) is 17.1. The predicted octanol–water partition coefficient (Wildman–Crippen LogP) is 7.31. The van der Waals surface area contributed by atoms with Gasteiger partial charge < -0.3 is 18.8 Å². The molecular weight excluding hydrogens is 506 g/mol. The van der Waals surface area contributed by atoms with E-state index in [0.717, 1.165) is 37.6 Å². The minimum absolute atomic E-state index is 0.172. The van der Waals surface area contributed by atoms with Crippen molar-refractivity contribution in [2.75, 3.05) is 13.7 Å². The van der Waals surface area contributed by atoms with Crippen LogP contribution < -0.4 is 9.47 Å². The number of benzene rings is 4. The van der Waals surface area contributed by atoms with Crippen LogP contribution in [0.3, 0.4) is 0 Å². The lowest BCUT2D eigenvalue weighted by Gasteiger charge is -2.15. The van der Waals surface area contributed by atoms with Crippen molar-refractivity contribution in [2.45, 2.75) is 13.5 Å². The number of hydrogen-bond donors (Lipinski definition) is 0. The van der Waals surface area contributed by atoms with Crippen LogP contribution in [-0.2, 0) is 11.3 Å². The fraction of sp³-hybridized carbons (Fsp3) is 0.138. The molecule has 1 heterocycles. The van der Waals surface area contributed by atoms with Gasteiger partial charge in [-0.3, -0.25) is 0 Å². The van der Waals surface area contributed by atoms with Gasteiger partial charge in [-0.1, -0.05) is 54.6 Å². The molecule has 5 aromatic rings. The maximum Gasteiger partial charge on any atom is 0.340 e. The van der Waals surface area contributed by atoms with Crippen molar-refractivity contribution < 1.29 is 19.0 Å². The molecule has 0 radical (unpaired) electrons. The lowest BCUT2D eigenvalue weighted by atomic mass is 10.1. The quantitative estimate of drug-likeness (QED) is 0.207. The van der Waals surface area contributed by atoms with Crippen molar-refractivity contribution in [3.8, 4) is 17.2 Å². The molecule has 0 aliphatic rings. The van der Waals surface area contributed by atoms with Crippen molar-refractivity contribution in [3.05, 3.63) is 101 Å². The number of ether oxygens (including phenoxy) is 3. The number of nitrogens with zero attached hydrogens (tertiary/aromatic N) is 1. The summed E-state index contributed by atoms with van der Waals surface area (Å²) in [6, 6.07) is 27.8. The average Bonchev–Trinajstić information content (AvgIpc) is 3.20. The summed E-state index contributed by atoms with van der Waals surface area (Å²) < 4.78 is 20.3. The highest BCUT2D eigenvalue weighted by atomic mass is 79.9. The van der Waals surface area contributed by atoms with Gasteiger partial charge in [0.25, 0.3) is 0 Å². The largest absolute Gasteiger partial charge is 0.496 e. The molecule has 35 heavy (non-hydrogen) atoms. The zero-order valence-corrected chi connectivity index (χ0v) is 21.0. The molecule has 6 heteroatoms. The summed E-state index contributed by atoms with van der Waals surface area (Å²) in [6.45, 7) is 2.25. The van der Waals surface area contributed by atoms with E-state index in [4.69, 9.17) is 14.2 Å². The van der Waals surface area contributed by atoms with Gasteiger partial charge >= 0.3 is 5.97 Å². The maximum absolute atomic E-state index is 13.3. The van der Waals surface area contributed by atoms with E-state index >= 15 is 0 Å². The Kier molecular flexibility index (Phi) is 6.47. The molecule has 5 rings (SSSR count). The molecule has 0 aliphatic heterocycles. The summed E-state index contributed by atoms with van der Waals surface area (Å²) >= 11 is 3.60. The first kappa shape index (κ1) is 23.0. The number of carbonyl (C=O) groups excluding carboxylic acids is 1. The van der Waals surface area contributed by atoms with Crippen molar-refractivity contribution >= 4 is 43.6 Å². The minimum Gasteiger partial charge on any atom is -0.496 e. The lowest BCUT2D eigenvalue weighted by Crippen LogP contribution is -2.12. The van der Waals surface area contributed by atoms with Crippen molar-refractivity contribution in [3.63, 3.8) is 0 Å². The van der Waals surface area contributed by atoms with Crippen LogP contribution >= 0.6 is 15.9 Å². The van der Waals surface area contributed by atoms with E-state index in [9.17, 15) is 4.79 Å². The summed E-state index contributed by atoms with van der Waals surface area (Å²) in [6.07, 6.45) is 0. The van der Waals surface area contributed by atoms with Crippen LogP contribution in [0.4, 0.5) is 0 Å². The van der Waals surface area contributed by atoms with Gasteiger partial charge in [-0.25, -0.2) is 4.79 Å². The Bertz CT molecular complexity index is 1520. The Morgan fingerprint density at radius 1 is 0.886 bits per heavy atom. The molecule has 0 spiro atoms. The molecule has 0 amide bonds. The molecule has 1 aromatic heterocycles. The number of hydrogen-bond acceptors (Lipinski definition) is 4. The number of esters is 1. The molecule has 0 saturated heterocycles. The van der Waals surface area contributed by atoms with Crippen LogP contribution in [-0.4, -0.2) is 24.3 Å². The SMILES string of the molecule is CCOC(=O)c1c(COc2cccc3ccccc23)n(-c2ccccc2)c2cc(Br)c(OC)cc12. The highest BCUT2D eigenvalue weighted by molar-refractivity contribution is 9.10. The summed E-state index contributed by atoms with van der Waals surface area (Å²) in [5.74, 6) is 0.990. The molecule has 0 unspecified atom stereocenters. The Morgan fingerprint density at radius 3 is 2.40 bits per heavy atom. The number of methoxy groups -OCH3 is 1. The van der Waals surface area contributed by atoms with Gasteiger partial charge in [0.1, 0.15) is 18.1 Å². The van der Waals surface area contributed by atoms with Crippen LogP contribution in [0.25, 0.3) is 27.4 Å². The first-order valence-electron chi connectivity index (χ1n) is 11.4. The zero-order chi connectivity index (χ0) is 24.4. The lowest BCUT2D eigenvalue weighted by molar-refractivity contribution is 0.0525. The van der Waals surface area contributed by atoms with Crippen molar-refractivity contribution in [1.82, 2.24) is 4.57 Å². The molecule has 0 saturated carbocycles. The van der Waals surface area contributed by atoms with E-state index in [-0.39, 0.29) is 13.2 Å². The fourth-order valence-electron chi connectivity index (χ4n) is 4.40. The number of aromatic nitrogens is 1. The molecule has 176 valence electrons. The van der Waals surface area contributed by atoms with Crippen LogP contribution in [0.5, 0.6) is 11.5 Å². The highest BCUT2D eigenvalue weighted by Crippen LogP contribution is 2.38. The topological polar surface area (TPSA) is 49.7 Å². The highest BCUT2D eigenvalue weighted by Gasteiger charge is 2.26. The molecule has 0 aliphatic carbocycles. The third-order valence-electron chi connectivity index (χ3n) is 5.95. The van der Waals surface area contributed by atoms with Gasteiger partial charge in [0.2, 0.25) is 0 Å². The maximum atomic E-state index is 13.3. The van der Waals surface area contributed by atoms with E-state index in [2.05, 4.69) is 32.6 Å². The summed E-state index contributed by atoms with van der Waals surface area (Å²) in [5, 5.41) is 2.84. The van der Waals surface area contributed by atoms with Crippen LogP contribution in [0.15, 0.2) is 89.4 Å². The fourth-order valence-corrected chi connectivity index (χ4v) is 4.90. The van der Waals surface area contributed by atoms with Crippen LogP contribution in [0, 0.1) is 0 Å². The second kappa shape index (κ2) is 9.84. The second-order valence-electron chi connectivity index (χ2n) is 7.98. The molecular formula is C29H24BrNO4. The van der Waals surface area contributed by atoms with Gasteiger partial charge in [-0.2, -0.15) is 0 Å². The third-order valence-corrected chi connectivity index (χ3v) is 6.57. The average molecular weight is 530 g/mol. The van der Waals surface area contributed by atoms with E-state index in [1.807, 2.05) is 72.8 Å². The van der Waals surface area contributed by atoms with E-state index in [1.165, 1.54) is 0 Å². The summed E-state index contributed by atoms with van der Waals surface area (Å²) in [4.78, 5) is 13.3. The number of rotatable bonds is 7. The van der Waals surface area contributed by atoms with Gasteiger partial charge in [-0.15, -0.1) is 0 Å². The summed E-state index contributed by atoms with van der Waals surface area (Å²) in [5.41, 5.74) is 2.94. The van der Waals surface area contributed by atoms with Gasteiger partial charge in [0.15, 0.2) is 0 Å². The van der Waals surface area contributed by atoms with Crippen molar-refractivity contribution in [2.24, 2.45) is 0 Å². The van der Waals surface area contributed by atoms with Crippen LogP contribution in [0.1, 0.15) is 23.0 Å². The van der Waals surface area contributed by atoms with E-state index < -0.39 is 5.97 Å². The van der Waals surface area contributed by atoms with Gasteiger partial charge in [0, 0.05) is 16.5 Å². The van der Waals surface area contributed by atoms with Gasteiger partial charge in [0.05, 0.1) is 35.0 Å². The number of halogens is 1. The number of para-hydroxylation sites is 1. The smallest absolute Gasteiger partial charge is 0.340 e. The monoisotopic (exact) mass is 529 g/mol. The Morgan fingerprint density at radius 2 is 1.63 bits per heavy atom. The number of carbonyl (C=O) groups is 1. The van der Waals surface area contributed by atoms with E-state index in [1.54, 1.807) is 14.0 Å². The van der Waals surface area contributed by atoms with Crippen LogP contribution in [0.2, 0.25) is 0 Å². The molecule has 0 N–H and O–H groups in total. The number of fused-ring (bicyclic) bond motifs is 2. The molecule has 0 fully saturated rings. The van der Waals surface area contributed by atoms with E-state index in [0.29, 0.717) is 17.0 Å². The molecule has 0 atom stereocenters. The summed E-state index contributed by atoms with van der Waals surface area (Å²) in [7, 11) is 1.61. The van der Waals surface area contributed by atoms with Gasteiger partial charge in [-0.05, 0) is 58.6 Å². The molecule has 0 bridgehead atoms. The normalized spacial score (nSPS) is 11.1. The predicted molar refractivity (Wildman–Crippen MR) is 142 cm³/mol. The Hall–Kier alpha value is -3.77. The molecule has 4 aromatic carbocycles. The zero-order valence-electron chi connectivity index (χ0n) is 19.5. The standard InChI is InChI=1S/C29H24BrNO4/c1-3-34-29(32)28-22-16-27(33-2)23(30)17-24(22)31(20-12-5-4-6-13-20)25(28)18-35-26-15-9-11-19-10-7-8-14-21(19)26/h4-17H,3,18H2,1-2H3. The molecule has 5 nitrogen and oxygen atoms in total.